The molecule has 1 aromatic rings. The zero-order valence-corrected chi connectivity index (χ0v) is 15.6. The third kappa shape index (κ3) is 4.04. The number of hydrogen-bond donors (Lipinski definition) is 1. The maximum atomic E-state index is 4.89. The van der Waals surface area contributed by atoms with Gasteiger partial charge in [0.15, 0.2) is 0 Å². The van der Waals surface area contributed by atoms with E-state index in [1.165, 1.54) is 12.1 Å². The molecule has 1 unspecified atom stereocenters. The normalized spacial score (nSPS) is 21.3. The predicted molar refractivity (Wildman–Crippen MR) is 95.8 cm³/mol. The minimum atomic E-state index is 0.275. The van der Waals surface area contributed by atoms with Crippen molar-refractivity contribution in [2.45, 2.75) is 32.2 Å². The van der Waals surface area contributed by atoms with Gasteiger partial charge in [-0.2, -0.15) is 0 Å². The fourth-order valence-electron chi connectivity index (χ4n) is 2.78. The topological polar surface area (TPSA) is 44.3 Å². The van der Waals surface area contributed by atoms with Gasteiger partial charge in [-0.3, -0.25) is 4.90 Å². The molecular weight excluding hydrogens is 377 g/mol. The Morgan fingerprint density at radius 3 is 2.71 bits per heavy atom. The van der Waals surface area contributed by atoms with Crippen LogP contribution in [0.25, 0.3) is 0 Å². The summed E-state index contributed by atoms with van der Waals surface area (Å²) in [4.78, 5) is 14.5. The molecule has 5 nitrogen and oxygen atoms in total. The number of nitrogens with one attached hydrogen (secondary N) is 1. The highest BCUT2D eigenvalue weighted by Gasteiger charge is 2.26. The first-order chi connectivity index (χ1) is 10.1. The zero-order chi connectivity index (χ0) is 15.4. The molecular formula is C15H26IN5. The van der Waals surface area contributed by atoms with Gasteiger partial charge in [0, 0.05) is 13.6 Å². The molecule has 1 aliphatic rings. The molecule has 0 bridgehead atoms. The van der Waals surface area contributed by atoms with E-state index < -0.39 is 0 Å². The van der Waals surface area contributed by atoms with E-state index in [-0.39, 0.29) is 6.04 Å². The molecule has 1 atom stereocenters. The van der Waals surface area contributed by atoms with Crippen molar-refractivity contribution < 1.29 is 0 Å². The van der Waals surface area contributed by atoms with E-state index in [1.807, 2.05) is 7.05 Å². The minimum absolute atomic E-state index is 0.275. The molecule has 21 heavy (non-hydrogen) atoms. The summed E-state index contributed by atoms with van der Waals surface area (Å²) in [7, 11) is 6.31. The Morgan fingerprint density at radius 2 is 2.05 bits per heavy atom. The summed E-state index contributed by atoms with van der Waals surface area (Å²) in [6, 6.07) is 0.275. The molecule has 0 radical (unpaired) electrons. The average molecular weight is 403 g/mol. The van der Waals surface area contributed by atoms with Crippen LogP contribution in [0.1, 0.15) is 37.3 Å². The lowest BCUT2D eigenvalue weighted by molar-refractivity contribution is 0.219. The summed E-state index contributed by atoms with van der Waals surface area (Å²) in [5.74, 6) is 1.92. The summed E-state index contributed by atoms with van der Waals surface area (Å²) in [6.07, 6.45) is 3.32. The molecule has 1 N–H and O–H groups in total. The molecule has 0 saturated carbocycles. The smallest absolute Gasteiger partial charge is 0.149 e. The van der Waals surface area contributed by atoms with E-state index >= 15 is 0 Å². The minimum Gasteiger partial charge on any atom is -0.372 e. The van der Waals surface area contributed by atoms with Gasteiger partial charge in [-0.05, 0) is 62.6 Å². The van der Waals surface area contributed by atoms with E-state index in [4.69, 9.17) is 9.97 Å². The third-order valence-electron chi connectivity index (χ3n) is 4.03. The van der Waals surface area contributed by atoms with Crippen LogP contribution in [-0.2, 0) is 6.42 Å². The standard InChI is InChI=1S/C15H26IN5/c1-5-7-11-13(16)15(17-2)19-14(18-11)12-10-20(3)8-6-9-21(12)4/h12H,5-10H2,1-4H3,(H,17,18,19). The molecule has 0 spiro atoms. The van der Waals surface area contributed by atoms with Gasteiger partial charge in [0.2, 0.25) is 0 Å². The zero-order valence-electron chi connectivity index (χ0n) is 13.5. The van der Waals surface area contributed by atoms with Crippen molar-refractivity contribution >= 4 is 28.4 Å². The first-order valence-corrected chi connectivity index (χ1v) is 8.77. The van der Waals surface area contributed by atoms with Crippen molar-refractivity contribution in [3.8, 4) is 0 Å². The molecule has 0 aliphatic carbocycles. The van der Waals surface area contributed by atoms with E-state index in [1.54, 1.807) is 0 Å². The Balaban J connectivity index is 2.38. The predicted octanol–water partition coefficient (Wildman–Crippen LogP) is 2.38. The maximum absolute atomic E-state index is 4.89. The summed E-state index contributed by atoms with van der Waals surface area (Å²) in [6.45, 7) is 5.43. The number of likely N-dealkylation sites (N-methyl/N-ethyl adjacent to an activating group) is 2. The molecule has 118 valence electrons. The van der Waals surface area contributed by atoms with E-state index in [0.717, 1.165) is 47.7 Å². The number of aromatic nitrogens is 2. The van der Waals surface area contributed by atoms with Crippen LogP contribution in [0.3, 0.4) is 0 Å². The quantitative estimate of drug-likeness (QED) is 0.783. The lowest BCUT2D eigenvalue weighted by Crippen LogP contribution is -2.32. The molecule has 6 heteroatoms. The number of anilines is 1. The number of aryl methyl sites for hydroxylation is 1. The highest BCUT2D eigenvalue weighted by atomic mass is 127. The largest absolute Gasteiger partial charge is 0.372 e. The van der Waals surface area contributed by atoms with Crippen molar-refractivity contribution in [1.29, 1.82) is 0 Å². The van der Waals surface area contributed by atoms with Crippen molar-refractivity contribution in [3.63, 3.8) is 0 Å². The van der Waals surface area contributed by atoms with Crippen LogP contribution in [0.5, 0.6) is 0 Å². The average Bonchev–Trinajstić information content (AvgIpc) is 2.63. The van der Waals surface area contributed by atoms with Crippen molar-refractivity contribution in [2.75, 3.05) is 46.1 Å². The van der Waals surface area contributed by atoms with Crippen LogP contribution >= 0.6 is 22.6 Å². The lowest BCUT2D eigenvalue weighted by Gasteiger charge is -2.27. The SMILES string of the molecule is CCCc1nc(C2CN(C)CCCN2C)nc(NC)c1I. The lowest BCUT2D eigenvalue weighted by atomic mass is 10.2. The molecule has 1 fully saturated rings. The van der Waals surface area contributed by atoms with E-state index in [0.29, 0.717) is 0 Å². The van der Waals surface area contributed by atoms with Crippen molar-refractivity contribution in [1.82, 2.24) is 19.8 Å². The van der Waals surface area contributed by atoms with Gasteiger partial charge >= 0.3 is 0 Å². The van der Waals surface area contributed by atoms with Crippen molar-refractivity contribution in [3.05, 3.63) is 15.1 Å². The van der Waals surface area contributed by atoms with Gasteiger partial charge < -0.3 is 10.2 Å². The fourth-order valence-corrected chi connectivity index (χ4v) is 3.56. The number of hydrogen-bond acceptors (Lipinski definition) is 5. The molecule has 1 saturated heterocycles. The second kappa shape index (κ2) is 7.69. The summed E-state index contributed by atoms with van der Waals surface area (Å²) >= 11 is 2.36. The first-order valence-electron chi connectivity index (χ1n) is 7.69. The van der Waals surface area contributed by atoms with Gasteiger partial charge in [-0.25, -0.2) is 9.97 Å². The Labute approximate surface area is 141 Å². The highest BCUT2D eigenvalue weighted by Crippen LogP contribution is 2.26. The third-order valence-corrected chi connectivity index (χ3v) is 5.16. The van der Waals surface area contributed by atoms with Crippen LogP contribution in [0.2, 0.25) is 0 Å². The fraction of sp³-hybridized carbons (Fsp3) is 0.733. The Bertz CT molecular complexity index is 479. The van der Waals surface area contributed by atoms with Crippen LogP contribution in [0.4, 0.5) is 5.82 Å². The van der Waals surface area contributed by atoms with E-state index in [9.17, 15) is 0 Å². The monoisotopic (exact) mass is 403 g/mol. The van der Waals surface area contributed by atoms with Crippen LogP contribution in [0.15, 0.2) is 0 Å². The Morgan fingerprint density at radius 1 is 1.29 bits per heavy atom. The number of halogens is 1. The molecule has 2 heterocycles. The number of nitrogens with zero attached hydrogens (tertiary/aromatic N) is 4. The van der Waals surface area contributed by atoms with Crippen LogP contribution in [0, 0.1) is 3.57 Å². The molecule has 1 aliphatic heterocycles. The highest BCUT2D eigenvalue weighted by molar-refractivity contribution is 14.1. The first kappa shape index (κ1) is 16.9. The van der Waals surface area contributed by atoms with E-state index in [2.05, 4.69) is 58.7 Å². The van der Waals surface area contributed by atoms with Crippen molar-refractivity contribution in [2.24, 2.45) is 0 Å². The summed E-state index contributed by atoms with van der Waals surface area (Å²) in [5.41, 5.74) is 1.17. The molecule has 0 amide bonds. The second-order valence-electron chi connectivity index (χ2n) is 5.80. The Hall–Kier alpha value is -0.470. The molecule has 1 aromatic heterocycles. The second-order valence-corrected chi connectivity index (χ2v) is 6.88. The van der Waals surface area contributed by atoms with Gasteiger partial charge in [-0.1, -0.05) is 13.3 Å². The van der Waals surface area contributed by atoms with Gasteiger partial charge in [0.25, 0.3) is 0 Å². The van der Waals surface area contributed by atoms with Gasteiger partial charge in [-0.15, -0.1) is 0 Å². The van der Waals surface area contributed by atoms with Crippen LogP contribution in [-0.4, -0.2) is 60.5 Å². The van der Waals surface area contributed by atoms with Crippen LogP contribution < -0.4 is 5.32 Å². The maximum Gasteiger partial charge on any atom is 0.149 e. The Kier molecular flexibility index (Phi) is 6.19. The molecule has 0 aromatic carbocycles. The summed E-state index contributed by atoms with van der Waals surface area (Å²) < 4.78 is 1.16. The summed E-state index contributed by atoms with van der Waals surface area (Å²) in [5, 5.41) is 3.22. The van der Waals surface area contributed by atoms with Gasteiger partial charge in [0.05, 0.1) is 15.3 Å². The van der Waals surface area contributed by atoms with Gasteiger partial charge in [0.1, 0.15) is 11.6 Å². The number of rotatable bonds is 4. The molecule has 2 rings (SSSR count).